The van der Waals surface area contributed by atoms with E-state index in [1.807, 2.05) is 35.9 Å². The fraction of sp³-hybridized carbons (Fsp3) is 0.438. The van der Waals surface area contributed by atoms with Crippen molar-refractivity contribution < 1.29 is 9.53 Å². The molecular formula is C16H22N2O2. The molecule has 2 N–H and O–H groups in total. The van der Waals surface area contributed by atoms with Crippen LogP contribution in [0.1, 0.15) is 25.8 Å². The predicted molar refractivity (Wildman–Crippen MR) is 80.5 cm³/mol. The second kappa shape index (κ2) is 6.57. The smallest absolute Gasteiger partial charge is 0.325 e. The Labute approximate surface area is 119 Å². The van der Waals surface area contributed by atoms with Gasteiger partial charge < -0.3 is 15.0 Å². The molecule has 0 spiro atoms. The lowest BCUT2D eigenvalue weighted by Gasteiger charge is -2.06. The largest absolute Gasteiger partial charge is 0.465 e. The van der Waals surface area contributed by atoms with Gasteiger partial charge in [-0.1, -0.05) is 25.1 Å². The molecule has 0 saturated carbocycles. The van der Waals surface area contributed by atoms with Crippen LogP contribution < -0.4 is 5.73 Å². The van der Waals surface area contributed by atoms with Gasteiger partial charge in [-0.05, 0) is 31.4 Å². The SMILES string of the molecule is CCOC(=O)Cn1cc(CC(N)CC)c2ccccc21. The van der Waals surface area contributed by atoms with E-state index in [0.717, 1.165) is 18.4 Å². The summed E-state index contributed by atoms with van der Waals surface area (Å²) in [7, 11) is 0. The van der Waals surface area contributed by atoms with E-state index in [0.29, 0.717) is 6.61 Å². The van der Waals surface area contributed by atoms with Gasteiger partial charge in [0.2, 0.25) is 0 Å². The zero-order valence-corrected chi connectivity index (χ0v) is 12.1. The molecule has 0 amide bonds. The van der Waals surface area contributed by atoms with Gasteiger partial charge in [-0.2, -0.15) is 0 Å². The number of nitrogens with zero attached hydrogens (tertiary/aromatic N) is 1. The Bertz CT molecular complexity index is 589. The first-order chi connectivity index (χ1) is 9.65. The molecule has 1 atom stereocenters. The molecule has 0 fully saturated rings. The van der Waals surface area contributed by atoms with E-state index in [1.54, 1.807) is 0 Å². The molecule has 1 heterocycles. The average Bonchev–Trinajstić information content (AvgIpc) is 2.77. The number of nitrogens with two attached hydrogens (primary N) is 1. The molecule has 2 rings (SSSR count). The van der Waals surface area contributed by atoms with Crippen molar-refractivity contribution in [2.45, 2.75) is 39.3 Å². The first kappa shape index (κ1) is 14.6. The van der Waals surface area contributed by atoms with Crippen LogP contribution in [0.4, 0.5) is 0 Å². The van der Waals surface area contributed by atoms with Gasteiger partial charge in [0, 0.05) is 23.1 Å². The van der Waals surface area contributed by atoms with E-state index < -0.39 is 0 Å². The summed E-state index contributed by atoms with van der Waals surface area (Å²) >= 11 is 0. The van der Waals surface area contributed by atoms with Crippen molar-refractivity contribution in [1.29, 1.82) is 0 Å². The number of ether oxygens (including phenoxy) is 1. The van der Waals surface area contributed by atoms with Crippen molar-refractivity contribution in [2.75, 3.05) is 6.61 Å². The fourth-order valence-electron chi connectivity index (χ4n) is 2.39. The standard InChI is InChI=1S/C16H22N2O2/c1-3-13(17)9-12-10-18(11-16(19)20-4-2)15-8-6-5-7-14(12)15/h5-8,10,13H,3-4,9,11,17H2,1-2H3. The molecule has 2 aromatic rings. The number of hydrogen-bond acceptors (Lipinski definition) is 3. The molecule has 0 aliphatic rings. The van der Waals surface area contributed by atoms with Gasteiger partial charge in [0.25, 0.3) is 0 Å². The summed E-state index contributed by atoms with van der Waals surface area (Å²) < 4.78 is 6.97. The first-order valence-corrected chi connectivity index (χ1v) is 7.13. The highest BCUT2D eigenvalue weighted by atomic mass is 16.5. The molecule has 0 saturated heterocycles. The van der Waals surface area contributed by atoms with Crippen LogP contribution >= 0.6 is 0 Å². The van der Waals surface area contributed by atoms with Crippen molar-refractivity contribution >= 4 is 16.9 Å². The summed E-state index contributed by atoms with van der Waals surface area (Å²) in [6.45, 7) is 4.56. The Balaban J connectivity index is 2.32. The number of esters is 1. The van der Waals surface area contributed by atoms with Crippen LogP contribution in [0.5, 0.6) is 0 Å². The number of hydrogen-bond donors (Lipinski definition) is 1. The van der Waals surface area contributed by atoms with E-state index in [4.69, 9.17) is 10.5 Å². The van der Waals surface area contributed by atoms with Crippen molar-refractivity contribution in [2.24, 2.45) is 5.73 Å². The van der Waals surface area contributed by atoms with Crippen LogP contribution in [-0.2, 0) is 22.5 Å². The Morgan fingerprint density at radius 3 is 2.80 bits per heavy atom. The number of fused-ring (bicyclic) bond motifs is 1. The Hall–Kier alpha value is -1.81. The lowest BCUT2D eigenvalue weighted by Crippen LogP contribution is -2.21. The fourth-order valence-corrected chi connectivity index (χ4v) is 2.39. The second-order valence-corrected chi connectivity index (χ2v) is 4.98. The van der Waals surface area contributed by atoms with Crippen LogP contribution in [-0.4, -0.2) is 23.2 Å². The van der Waals surface area contributed by atoms with Crippen LogP contribution in [0, 0.1) is 0 Å². The molecular weight excluding hydrogens is 252 g/mol. The van der Waals surface area contributed by atoms with E-state index in [9.17, 15) is 4.79 Å². The maximum Gasteiger partial charge on any atom is 0.325 e. The highest BCUT2D eigenvalue weighted by molar-refractivity contribution is 5.85. The average molecular weight is 274 g/mol. The molecule has 0 aliphatic carbocycles. The number of aromatic nitrogens is 1. The Morgan fingerprint density at radius 1 is 1.35 bits per heavy atom. The summed E-state index contributed by atoms with van der Waals surface area (Å²) in [5.74, 6) is -0.209. The van der Waals surface area contributed by atoms with E-state index in [2.05, 4.69) is 13.0 Å². The molecule has 4 heteroatoms. The minimum atomic E-state index is -0.209. The van der Waals surface area contributed by atoms with E-state index in [-0.39, 0.29) is 18.6 Å². The van der Waals surface area contributed by atoms with Crippen molar-refractivity contribution in [3.8, 4) is 0 Å². The maximum absolute atomic E-state index is 11.7. The predicted octanol–water partition coefficient (Wildman–Crippen LogP) is 2.48. The normalized spacial score (nSPS) is 12.6. The van der Waals surface area contributed by atoms with Gasteiger partial charge in [-0.3, -0.25) is 4.79 Å². The number of rotatable bonds is 6. The lowest BCUT2D eigenvalue weighted by atomic mass is 10.0. The molecule has 20 heavy (non-hydrogen) atoms. The minimum Gasteiger partial charge on any atom is -0.465 e. The quantitative estimate of drug-likeness (QED) is 0.823. The summed E-state index contributed by atoms with van der Waals surface area (Å²) in [4.78, 5) is 11.7. The van der Waals surface area contributed by atoms with Gasteiger partial charge in [0.05, 0.1) is 6.61 Å². The maximum atomic E-state index is 11.7. The molecule has 1 aromatic heterocycles. The monoisotopic (exact) mass is 274 g/mol. The third kappa shape index (κ3) is 3.20. The Kier molecular flexibility index (Phi) is 4.79. The van der Waals surface area contributed by atoms with Crippen LogP contribution in [0.25, 0.3) is 10.9 Å². The zero-order valence-electron chi connectivity index (χ0n) is 12.1. The molecule has 0 bridgehead atoms. The third-order valence-electron chi connectivity index (χ3n) is 3.48. The van der Waals surface area contributed by atoms with E-state index >= 15 is 0 Å². The van der Waals surface area contributed by atoms with Crippen molar-refractivity contribution in [1.82, 2.24) is 4.57 Å². The zero-order chi connectivity index (χ0) is 14.5. The van der Waals surface area contributed by atoms with Crippen LogP contribution in [0.15, 0.2) is 30.5 Å². The van der Waals surface area contributed by atoms with Gasteiger partial charge in [-0.15, -0.1) is 0 Å². The molecule has 108 valence electrons. The molecule has 1 aromatic carbocycles. The topological polar surface area (TPSA) is 57.2 Å². The van der Waals surface area contributed by atoms with Gasteiger partial charge in [0.1, 0.15) is 6.54 Å². The second-order valence-electron chi connectivity index (χ2n) is 4.98. The summed E-state index contributed by atoms with van der Waals surface area (Å²) in [6, 6.07) is 8.24. The number of para-hydroxylation sites is 1. The van der Waals surface area contributed by atoms with Crippen LogP contribution in [0.2, 0.25) is 0 Å². The summed E-state index contributed by atoms with van der Waals surface area (Å²) in [6.07, 6.45) is 3.79. The minimum absolute atomic E-state index is 0.150. The van der Waals surface area contributed by atoms with Gasteiger partial charge in [0.15, 0.2) is 0 Å². The highest BCUT2D eigenvalue weighted by Crippen LogP contribution is 2.22. The van der Waals surface area contributed by atoms with E-state index in [1.165, 1.54) is 10.9 Å². The lowest BCUT2D eigenvalue weighted by molar-refractivity contribution is -0.143. The number of benzene rings is 1. The van der Waals surface area contributed by atoms with Crippen molar-refractivity contribution in [3.63, 3.8) is 0 Å². The molecule has 0 aliphatic heterocycles. The van der Waals surface area contributed by atoms with Gasteiger partial charge >= 0.3 is 5.97 Å². The van der Waals surface area contributed by atoms with Crippen molar-refractivity contribution in [3.05, 3.63) is 36.0 Å². The third-order valence-corrected chi connectivity index (χ3v) is 3.48. The molecule has 4 nitrogen and oxygen atoms in total. The molecule has 0 radical (unpaired) electrons. The van der Waals surface area contributed by atoms with Gasteiger partial charge in [-0.25, -0.2) is 0 Å². The van der Waals surface area contributed by atoms with Crippen LogP contribution in [0.3, 0.4) is 0 Å². The summed E-state index contributed by atoms with van der Waals surface area (Å²) in [5.41, 5.74) is 8.30. The highest BCUT2D eigenvalue weighted by Gasteiger charge is 2.13. The number of carbonyl (C=O) groups is 1. The number of carbonyl (C=O) groups excluding carboxylic acids is 1. The first-order valence-electron chi connectivity index (χ1n) is 7.13. The summed E-state index contributed by atoms with van der Waals surface area (Å²) in [5, 5.41) is 1.17. The molecule has 1 unspecified atom stereocenters. The Morgan fingerprint density at radius 2 is 2.10 bits per heavy atom.